The minimum atomic E-state index is -5.63. The van der Waals surface area contributed by atoms with Crippen LogP contribution < -0.4 is 17.0 Å². The van der Waals surface area contributed by atoms with Crippen molar-refractivity contribution in [3.05, 3.63) is 44.9 Å². The molecule has 1 aliphatic rings. The summed E-state index contributed by atoms with van der Waals surface area (Å²) < 4.78 is 52.4. The first-order valence-electron chi connectivity index (χ1n) is 8.77. The molecule has 5 atom stereocenters. The number of rotatable bonds is 10. The van der Waals surface area contributed by atoms with Crippen LogP contribution in [-0.2, 0) is 38.0 Å². The molecule has 32 heavy (non-hydrogen) atoms. The molecule has 0 saturated carbocycles. The number of hydrogen-bond donors (Lipinski definition) is 6. The molecule has 1 fully saturated rings. The lowest BCUT2D eigenvalue weighted by molar-refractivity contribution is -0.0309. The monoisotopic (exact) mass is 521 g/mol. The third kappa shape index (κ3) is 7.87. The van der Waals surface area contributed by atoms with Crippen molar-refractivity contribution in [1.29, 1.82) is 0 Å². The normalized spacial score (nSPS) is 25.6. The number of H-pyrrole nitrogens is 1. The number of hydrogen-bond acceptors (Lipinski definition) is 10. The van der Waals surface area contributed by atoms with E-state index in [-0.39, 0.29) is 24.3 Å². The van der Waals surface area contributed by atoms with Crippen LogP contribution in [0.25, 0.3) is 0 Å². The van der Waals surface area contributed by atoms with Gasteiger partial charge in [0.1, 0.15) is 6.23 Å². The number of allylic oxidation sites excluding steroid dienone is 1. The predicted molar refractivity (Wildman–Crippen MR) is 106 cm³/mol. The highest BCUT2D eigenvalue weighted by Gasteiger charge is 2.42. The van der Waals surface area contributed by atoms with E-state index in [1.54, 1.807) is 6.92 Å². The summed E-state index contributed by atoms with van der Waals surface area (Å²) in [7, 11) is -16.4. The van der Waals surface area contributed by atoms with E-state index in [9.17, 15) is 28.2 Å². The van der Waals surface area contributed by atoms with Gasteiger partial charge in [-0.15, -0.1) is 0 Å². The Morgan fingerprint density at radius 1 is 1.22 bits per heavy atom. The van der Waals surface area contributed by atoms with Gasteiger partial charge in [0.05, 0.1) is 12.7 Å². The van der Waals surface area contributed by atoms with Crippen molar-refractivity contribution in [1.82, 2.24) is 9.55 Å². The first-order valence-corrected chi connectivity index (χ1v) is 13.3. The molecular weight excluding hydrogens is 499 g/mol. The molecule has 1 aromatic rings. The summed E-state index contributed by atoms with van der Waals surface area (Å²) in [5, 5.41) is 0. The van der Waals surface area contributed by atoms with Gasteiger partial charge in [-0.2, -0.15) is 8.62 Å². The summed E-state index contributed by atoms with van der Waals surface area (Å²) in [6.45, 7) is 1.02. The maximum absolute atomic E-state index is 12.2. The van der Waals surface area contributed by atoms with Crippen LogP contribution in [0.4, 0.5) is 0 Å². The van der Waals surface area contributed by atoms with Crippen LogP contribution in [0, 0.1) is 5.92 Å². The number of phosphoric ester groups is 1. The number of ether oxygens (including phenoxy) is 1. The molecule has 1 aliphatic heterocycles. The van der Waals surface area contributed by atoms with Gasteiger partial charge in [-0.05, 0) is 25.0 Å². The number of phosphoric acid groups is 3. The Morgan fingerprint density at radius 2 is 1.88 bits per heavy atom. The molecule has 0 aromatic carbocycles. The van der Waals surface area contributed by atoms with Crippen molar-refractivity contribution in [2.75, 3.05) is 6.61 Å². The van der Waals surface area contributed by atoms with Crippen LogP contribution in [0.5, 0.6) is 0 Å². The van der Waals surface area contributed by atoms with Gasteiger partial charge in [0.15, 0.2) is 0 Å². The molecule has 0 aliphatic carbocycles. The van der Waals surface area contributed by atoms with E-state index in [0.29, 0.717) is 0 Å². The summed E-state index contributed by atoms with van der Waals surface area (Å²) in [5.41, 5.74) is 4.15. The molecular formula is C13H22N3O13P3. The van der Waals surface area contributed by atoms with Gasteiger partial charge in [-0.1, -0.05) is 13.0 Å². The quantitative estimate of drug-likeness (QED) is 0.219. The number of nitrogens with zero attached hydrogens (tertiary/aromatic N) is 1. The van der Waals surface area contributed by atoms with Crippen LogP contribution in [0.3, 0.4) is 0 Å². The minimum absolute atomic E-state index is 0.157. The fourth-order valence-corrected chi connectivity index (χ4v) is 5.83. The Balaban J connectivity index is 2.07. The molecule has 16 nitrogen and oxygen atoms in total. The zero-order chi connectivity index (χ0) is 24.3. The summed E-state index contributed by atoms with van der Waals surface area (Å²) >= 11 is 0. The zero-order valence-corrected chi connectivity index (χ0v) is 19.1. The van der Waals surface area contributed by atoms with E-state index in [1.165, 1.54) is 18.5 Å². The predicted octanol–water partition coefficient (Wildman–Crippen LogP) is -0.182. The SMILES string of the molecule is CC1CC(n2cc(C/C=C/N)c(=O)[nH]c2=O)OC1COP(=O)(O)OP(=O)(O)OP(=O)(O)O. The smallest absolute Gasteiger partial charge is 0.405 e. The van der Waals surface area contributed by atoms with Gasteiger partial charge in [-0.3, -0.25) is 18.9 Å². The Labute approximate surface area is 180 Å². The summed E-state index contributed by atoms with van der Waals surface area (Å²) in [6.07, 6.45) is 2.67. The van der Waals surface area contributed by atoms with Gasteiger partial charge in [0, 0.05) is 11.8 Å². The van der Waals surface area contributed by atoms with Crippen molar-refractivity contribution in [3.8, 4) is 0 Å². The van der Waals surface area contributed by atoms with Gasteiger partial charge in [-0.25, -0.2) is 18.5 Å². The maximum atomic E-state index is 12.2. The van der Waals surface area contributed by atoms with Crippen LogP contribution in [0.1, 0.15) is 25.1 Å². The lowest BCUT2D eigenvalue weighted by Crippen LogP contribution is -2.34. The van der Waals surface area contributed by atoms with Gasteiger partial charge in [0.2, 0.25) is 0 Å². The average molecular weight is 521 g/mol. The van der Waals surface area contributed by atoms with Crippen LogP contribution in [-0.4, -0.2) is 41.8 Å². The van der Waals surface area contributed by atoms with Crippen molar-refractivity contribution in [3.63, 3.8) is 0 Å². The Hall–Kier alpha value is -1.41. The lowest BCUT2D eigenvalue weighted by Gasteiger charge is -2.20. The first kappa shape index (κ1) is 26.8. The van der Waals surface area contributed by atoms with E-state index in [0.717, 1.165) is 4.57 Å². The fourth-order valence-electron chi connectivity index (χ4n) is 2.80. The van der Waals surface area contributed by atoms with Gasteiger partial charge in [0.25, 0.3) is 5.56 Å². The van der Waals surface area contributed by atoms with Crippen LogP contribution in [0.2, 0.25) is 0 Å². The number of aromatic amines is 1. The summed E-state index contributed by atoms with van der Waals surface area (Å²) in [5.74, 6) is -0.349. The Morgan fingerprint density at radius 3 is 2.47 bits per heavy atom. The molecule has 7 N–H and O–H groups in total. The fraction of sp³-hybridized carbons (Fsp3) is 0.538. The molecule has 0 amide bonds. The molecule has 19 heteroatoms. The molecule has 0 bridgehead atoms. The third-order valence-electron chi connectivity index (χ3n) is 4.18. The third-order valence-corrected chi connectivity index (χ3v) is 7.99. The Kier molecular flexibility index (Phi) is 8.59. The lowest BCUT2D eigenvalue weighted by atomic mass is 10.0. The van der Waals surface area contributed by atoms with E-state index in [1.807, 2.05) is 0 Å². The molecule has 0 radical (unpaired) electrons. The molecule has 182 valence electrons. The second-order valence-corrected chi connectivity index (χ2v) is 11.1. The second-order valence-electron chi connectivity index (χ2n) is 6.68. The standard InChI is InChI=1S/C13H22N3O13P3/c1-8-5-11(16-6-9(3-2-4-14)12(17)15-13(16)18)27-10(8)7-26-31(22,23)29-32(24,25)28-30(19,20)21/h2,4,6,8,10-11H,3,5,7,14H2,1H3,(H,22,23)(H,24,25)(H,15,17,18)(H2,19,20,21)/b4-2+. The minimum Gasteiger partial charge on any atom is -0.405 e. The second kappa shape index (κ2) is 10.2. The molecule has 2 rings (SSSR count). The zero-order valence-electron chi connectivity index (χ0n) is 16.4. The number of nitrogens with one attached hydrogen (secondary N) is 1. The van der Waals surface area contributed by atoms with Crippen molar-refractivity contribution >= 4 is 23.5 Å². The van der Waals surface area contributed by atoms with Crippen LogP contribution >= 0.6 is 23.5 Å². The van der Waals surface area contributed by atoms with E-state index in [4.69, 9.17) is 25.2 Å². The maximum Gasteiger partial charge on any atom is 0.490 e. The molecule has 1 aromatic heterocycles. The Bertz CT molecular complexity index is 1110. The molecule has 0 spiro atoms. The average Bonchev–Trinajstić information content (AvgIpc) is 2.97. The van der Waals surface area contributed by atoms with Crippen molar-refractivity contribution < 1.29 is 51.2 Å². The van der Waals surface area contributed by atoms with E-state index < -0.39 is 53.7 Å². The topological polar surface area (TPSA) is 250 Å². The van der Waals surface area contributed by atoms with E-state index in [2.05, 4.69) is 18.1 Å². The van der Waals surface area contributed by atoms with Crippen LogP contribution in [0.15, 0.2) is 28.1 Å². The summed E-state index contributed by atoms with van der Waals surface area (Å²) in [6, 6.07) is 0. The molecule has 1 saturated heterocycles. The number of aromatic nitrogens is 2. The highest BCUT2D eigenvalue weighted by Crippen LogP contribution is 2.66. The van der Waals surface area contributed by atoms with Gasteiger partial charge >= 0.3 is 29.2 Å². The first-order chi connectivity index (χ1) is 14.6. The van der Waals surface area contributed by atoms with Gasteiger partial charge < -0.3 is 30.0 Å². The summed E-state index contributed by atoms with van der Waals surface area (Å²) in [4.78, 5) is 61.9. The van der Waals surface area contributed by atoms with Crippen molar-refractivity contribution in [2.24, 2.45) is 11.7 Å². The highest BCUT2D eigenvalue weighted by molar-refractivity contribution is 7.66. The van der Waals surface area contributed by atoms with Crippen molar-refractivity contribution in [2.45, 2.75) is 32.1 Å². The molecule has 2 heterocycles. The largest absolute Gasteiger partial charge is 0.490 e. The molecule has 5 unspecified atom stereocenters. The highest BCUT2D eigenvalue weighted by atomic mass is 31.3. The van der Waals surface area contributed by atoms with E-state index >= 15 is 0 Å². The number of nitrogens with two attached hydrogens (primary N) is 1.